The van der Waals surface area contributed by atoms with Crippen molar-refractivity contribution in [1.29, 1.82) is 0 Å². The minimum Gasteiger partial charge on any atom is -0.490 e. The maximum atomic E-state index is 5.41. The first kappa shape index (κ1) is 11.9. The molecule has 1 saturated heterocycles. The molecule has 0 radical (unpaired) electrons. The Kier molecular flexibility index (Phi) is 3.63. The first-order valence-electron chi connectivity index (χ1n) is 5.86. The molecule has 6 heteroatoms. The van der Waals surface area contributed by atoms with Gasteiger partial charge >= 0.3 is 0 Å². The summed E-state index contributed by atoms with van der Waals surface area (Å²) < 4.78 is 5.34. The van der Waals surface area contributed by atoms with E-state index in [2.05, 4.69) is 27.2 Å². The number of nitrogens with one attached hydrogen (secondary N) is 1. The van der Waals surface area contributed by atoms with Gasteiger partial charge in [-0.3, -0.25) is 0 Å². The van der Waals surface area contributed by atoms with E-state index in [-0.39, 0.29) is 0 Å². The molecule has 0 bridgehead atoms. The SMILES string of the molecule is COc1c(NN)ncnc1N1CCC(C)CC1. The Labute approximate surface area is 101 Å². The van der Waals surface area contributed by atoms with E-state index in [9.17, 15) is 0 Å². The van der Waals surface area contributed by atoms with Crippen molar-refractivity contribution in [3.63, 3.8) is 0 Å². The molecule has 94 valence electrons. The summed E-state index contributed by atoms with van der Waals surface area (Å²) in [6.45, 7) is 4.28. The van der Waals surface area contributed by atoms with Crippen molar-refractivity contribution in [2.75, 3.05) is 30.5 Å². The second kappa shape index (κ2) is 5.18. The Hall–Kier alpha value is -1.56. The third kappa shape index (κ3) is 2.41. The van der Waals surface area contributed by atoms with Crippen molar-refractivity contribution in [1.82, 2.24) is 9.97 Å². The van der Waals surface area contributed by atoms with Gasteiger partial charge in [-0.2, -0.15) is 0 Å². The normalized spacial score (nSPS) is 17.0. The number of methoxy groups -OCH3 is 1. The average molecular weight is 237 g/mol. The Morgan fingerprint density at radius 3 is 2.71 bits per heavy atom. The van der Waals surface area contributed by atoms with Crippen LogP contribution < -0.4 is 20.9 Å². The highest BCUT2D eigenvalue weighted by atomic mass is 16.5. The zero-order chi connectivity index (χ0) is 12.3. The van der Waals surface area contributed by atoms with Crippen LogP contribution >= 0.6 is 0 Å². The fraction of sp³-hybridized carbons (Fsp3) is 0.636. The van der Waals surface area contributed by atoms with Crippen molar-refractivity contribution in [3.8, 4) is 5.75 Å². The fourth-order valence-corrected chi connectivity index (χ4v) is 2.10. The molecule has 2 rings (SSSR count). The third-order valence-electron chi connectivity index (χ3n) is 3.21. The lowest BCUT2D eigenvalue weighted by Crippen LogP contribution is -2.34. The molecule has 0 unspecified atom stereocenters. The molecule has 0 spiro atoms. The van der Waals surface area contributed by atoms with E-state index in [1.54, 1.807) is 7.11 Å². The summed E-state index contributed by atoms with van der Waals surface area (Å²) in [5.74, 6) is 8.15. The Morgan fingerprint density at radius 1 is 1.41 bits per heavy atom. The third-order valence-corrected chi connectivity index (χ3v) is 3.21. The van der Waals surface area contributed by atoms with Gasteiger partial charge in [0.1, 0.15) is 6.33 Å². The molecule has 1 aromatic rings. The van der Waals surface area contributed by atoms with Gasteiger partial charge in [-0.15, -0.1) is 0 Å². The van der Waals surface area contributed by atoms with Gasteiger partial charge in [0.15, 0.2) is 11.6 Å². The van der Waals surface area contributed by atoms with Crippen molar-refractivity contribution < 1.29 is 4.74 Å². The molecule has 3 N–H and O–H groups in total. The number of ether oxygens (including phenoxy) is 1. The summed E-state index contributed by atoms with van der Waals surface area (Å²) in [7, 11) is 1.61. The molecule has 2 heterocycles. The summed E-state index contributed by atoms with van der Waals surface area (Å²) >= 11 is 0. The largest absolute Gasteiger partial charge is 0.490 e. The molecular formula is C11H19N5O. The van der Waals surface area contributed by atoms with Gasteiger partial charge in [-0.05, 0) is 18.8 Å². The summed E-state index contributed by atoms with van der Waals surface area (Å²) in [5.41, 5.74) is 2.53. The van der Waals surface area contributed by atoms with Crippen molar-refractivity contribution in [2.24, 2.45) is 11.8 Å². The van der Waals surface area contributed by atoms with Gasteiger partial charge in [0.2, 0.25) is 5.75 Å². The van der Waals surface area contributed by atoms with E-state index in [1.807, 2.05) is 0 Å². The lowest BCUT2D eigenvalue weighted by atomic mass is 9.99. The molecule has 0 aliphatic carbocycles. The van der Waals surface area contributed by atoms with Crippen LogP contribution in [-0.2, 0) is 0 Å². The Morgan fingerprint density at radius 2 is 2.12 bits per heavy atom. The molecule has 1 aliphatic heterocycles. The predicted octanol–water partition coefficient (Wildman–Crippen LogP) is 1.01. The first-order valence-corrected chi connectivity index (χ1v) is 5.86. The van der Waals surface area contributed by atoms with E-state index in [0.717, 1.165) is 24.8 Å². The van der Waals surface area contributed by atoms with Gasteiger partial charge < -0.3 is 15.1 Å². The second-order valence-electron chi connectivity index (χ2n) is 4.39. The summed E-state index contributed by atoms with van der Waals surface area (Å²) in [6, 6.07) is 0. The average Bonchev–Trinajstić information content (AvgIpc) is 2.38. The van der Waals surface area contributed by atoms with E-state index < -0.39 is 0 Å². The lowest BCUT2D eigenvalue weighted by molar-refractivity contribution is 0.401. The Balaban J connectivity index is 2.25. The number of hydrogen-bond acceptors (Lipinski definition) is 6. The van der Waals surface area contributed by atoms with Crippen molar-refractivity contribution in [3.05, 3.63) is 6.33 Å². The van der Waals surface area contributed by atoms with Crippen LogP contribution in [-0.4, -0.2) is 30.2 Å². The molecular weight excluding hydrogens is 218 g/mol. The molecule has 1 fully saturated rings. The highest BCUT2D eigenvalue weighted by molar-refractivity contribution is 5.64. The number of nitrogen functional groups attached to an aromatic ring is 1. The molecule has 6 nitrogen and oxygen atoms in total. The number of hydrogen-bond donors (Lipinski definition) is 2. The molecule has 1 aromatic heterocycles. The molecule has 0 amide bonds. The molecule has 0 atom stereocenters. The van der Waals surface area contributed by atoms with Crippen LogP contribution in [0.25, 0.3) is 0 Å². The van der Waals surface area contributed by atoms with Crippen LogP contribution in [0.2, 0.25) is 0 Å². The first-order chi connectivity index (χ1) is 8.26. The number of piperidine rings is 1. The van der Waals surface area contributed by atoms with Crippen LogP contribution in [0.15, 0.2) is 6.33 Å². The monoisotopic (exact) mass is 237 g/mol. The summed E-state index contributed by atoms with van der Waals surface area (Å²) in [4.78, 5) is 10.6. The van der Waals surface area contributed by atoms with Crippen LogP contribution in [0.4, 0.5) is 11.6 Å². The maximum Gasteiger partial charge on any atom is 0.205 e. The molecule has 1 aliphatic rings. The van der Waals surface area contributed by atoms with E-state index in [4.69, 9.17) is 10.6 Å². The van der Waals surface area contributed by atoms with Gasteiger partial charge in [-0.25, -0.2) is 15.8 Å². The molecule has 17 heavy (non-hydrogen) atoms. The number of nitrogens with two attached hydrogens (primary N) is 1. The standard InChI is InChI=1S/C11H19N5O/c1-8-3-5-16(6-4-8)11-9(17-2)10(15-12)13-7-14-11/h7-8H,3-6,12H2,1-2H3,(H,13,14,15). The van der Waals surface area contributed by atoms with Gasteiger partial charge in [-0.1, -0.05) is 6.92 Å². The number of rotatable bonds is 3. The highest BCUT2D eigenvalue weighted by Crippen LogP contribution is 2.33. The number of anilines is 2. The number of aromatic nitrogens is 2. The van der Waals surface area contributed by atoms with Crippen LogP contribution in [0.5, 0.6) is 5.75 Å². The van der Waals surface area contributed by atoms with Gasteiger partial charge in [0, 0.05) is 13.1 Å². The zero-order valence-electron chi connectivity index (χ0n) is 10.3. The highest BCUT2D eigenvalue weighted by Gasteiger charge is 2.22. The van der Waals surface area contributed by atoms with E-state index >= 15 is 0 Å². The van der Waals surface area contributed by atoms with Crippen LogP contribution in [0.1, 0.15) is 19.8 Å². The molecule has 0 saturated carbocycles. The van der Waals surface area contributed by atoms with Gasteiger partial charge in [0.25, 0.3) is 0 Å². The minimum atomic E-state index is 0.524. The van der Waals surface area contributed by atoms with E-state index in [1.165, 1.54) is 19.2 Å². The van der Waals surface area contributed by atoms with Gasteiger partial charge in [0.05, 0.1) is 7.11 Å². The topological polar surface area (TPSA) is 76.3 Å². The van der Waals surface area contributed by atoms with Crippen molar-refractivity contribution >= 4 is 11.6 Å². The van der Waals surface area contributed by atoms with Crippen LogP contribution in [0.3, 0.4) is 0 Å². The molecule has 0 aromatic carbocycles. The predicted molar refractivity (Wildman–Crippen MR) is 67.0 cm³/mol. The number of hydrazine groups is 1. The van der Waals surface area contributed by atoms with Crippen LogP contribution in [0, 0.1) is 5.92 Å². The zero-order valence-corrected chi connectivity index (χ0v) is 10.3. The smallest absolute Gasteiger partial charge is 0.205 e. The number of nitrogens with zero attached hydrogens (tertiary/aromatic N) is 3. The summed E-state index contributed by atoms with van der Waals surface area (Å²) in [6.07, 6.45) is 3.86. The maximum absolute atomic E-state index is 5.41. The lowest BCUT2D eigenvalue weighted by Gasteiger charge is -2.32. The van der Waals surface area contributed by atoms with E-state index in [0.29, 0.717) is 11.6 Å². The minimum absolute atomic E-state index is 0.524. The quantitative estimate of drug-likeness (QED) is 0.603. The van der Waals surface area contributed by atoms with Crippen molar-refractivity contribution in [2.45, 2.75) is 19.8 Å². The Bertz CT molecular complexity index is 376. The fourth-order valence-electron chi connectivity index (χ4n) is 2.10. The summed E-state index contributed by atoms with van der Waals surface area (Å²) in [5, 5.41) is 0. The second-order valence-corrected chi connectivity index (χ2v) is 4.39.